The van der Waals surface area contributed by atoms with E-state index in [2.05, 4.69) is 31.2 Å². The molecule has 0 aliphatic heterocycles. The molecule has 0 bridgehead atoms. The van der Waals surface area contributed by atoms with Crippen LogP contribution in [0.15, 0.2) is 34.8 Å². The number of hydrogen-bond acceptors (Lipinski definition) is 4. The smallest absolute Gasteiger partial charge is 0.354 e. The number of carboxylic acids is 1. The zero-order valence-corrected chi connectivity index (χ0v) is 11.1. The molecule has 2 aromatic rings. The molecule has 0 spiro atoms. The first-order valence-corrected chi connectivity index (χ1v) is 5.95. The number of aromatic nitrogens is 2. The Morgan fingerprint density at radius 3 is 2.56 bits per heavy atom. The molecule has 0 aliphatic rings. The second-order valence-corrected chi connectivity index (χ2v) is 4.57. The van der Waals surface area contributed by atoms with Crippen molar-refractivity contribution < 1.29 is 9.90 Å². The van der Waals surface area contributed by atoms with Gasteiger partial charge in [-0.15, -0.1) is 0 Å². The summed E-state index contributed by atoms with van der Waals surface area (Å²) in [7, 11) is 0. The highest BCUT2D eigenvalue weighted by Crippen LogP contribution is 2.17. The lowest BCUT2D eigenvalue weighted by molar-refractivity contribution is 0.0690. The first kappa shape index (κ1) is 12.5. The van der Waals surface area contributed by atoms with Crippen molar-refractivity contribution in [1.29, 1.82) is 0 Å². The van der Waals surface area contributed by atoms with Gasteiger partial charge in [0.2, 0.25) is 5.95 Å². The van der Waals surface area contributed by atoms with Gasteiger partial charge in [-0.2, -0.15) is 0 Å². The second kappa shape index (κ2) is 5.14. The third-order valence-electron chi connectivity index (χ3n) is 2.17. The first-order chi connectivity index (χ1) is 8.54. The van der Waals surface area contributed by atoms with Gasteiger partial charge in [-0.25, -0.2) is 14.8 Å². The van der Waals surface area contributed by atoms with Crippen LogP contribution in [0.4, 0.5) is 11.6 Å². The average Bonchev–Trinajstić information content (AvgIpc) is 2.31. The number of aromatic carboxylic acids is 1. The van der Waals surface area contributed by atoms with Crippen molar-refractivity contribution in [3.63, 3.8) is 0 Å². The van der Waals surface area contributed by atoms with Gasteiger partial charge >= 0.3 is 5.97 Å². The minimum atomic E-state index is -1.07. The number of aryl methyl sites for hydroxylation is 1. The standard InChI is InChI=1S/C12H10BrN3O2/c1-7-6-10(11(17)18)16-12(14-7)15-9-4-2-8(13)3-5-9/h2-6H,1H3,(H,17,18)(H,14,15,16). The number of halogens is 1. The molecule has 0 saturated carbocycles. The largest absolute Gasteiger partial charge is 0.477 e. The Balaban J connectivity index is 2.28. The average molecular weight is 308 g/mol. The molecule has 5 nitrogen and oxygen atoms in total. The Morgan fingerprint density at radius 2 is 1.94 bits per heavy atom. The van der Waals surface area contributed by atoms with E-state index in [-0.39, 0.29) is 11.6 Å². The Kier molecular flexibility index (Phi) is 3.57. The van der Waals surface area contributed by atoms with Gasteiger partial charge in [-0.1, -0.05) is 15.9 Å². The number of carboxylic acid groups (broad SMARTS) is 1. The fraction of sp³-hybridized carbons (Fsp3) is 0.0833. The lowest BCUT2D eigenvalue weighted by Gasteiger charge is -2.06. The maximum Gasteiger partial charge on any atom is 0.354 e. The molecule has 0 radical (unpaired) electrons. The van der Waals surface area contributed by atoms with Crippen molar-refractivity contribution in [3.8, 4) is 0 Å². The van der Waals surface area contributed by atoms with Gasteiger partial charge in [0, 0.05) is 15.9 Å². The summed E-state index contributed by atoms with van der Waals surface area (Å²) in [6.45, 7) is 1.72. The maximum atomic E-state index is 10.9. The molecule has 2 N–H and O–H groups in total. The Morgan fingerprint density at radius 1 is 1.28 bits per heavy atom. The number of hydrogen-bond donors (Lipinski definition) is 2. The molecule has 0 aliphatic carbocycles. The minimum Gasteiger partial charge on any atom is -0.477 e. The van der Waals surface area contributed by atoms with E-state index in [1.165, 1.54) is 6.07 Å². The fourth-order valence-electron chi connectivity index (χ4n) is 1.40. The fourth-order valence-corrected chi connectivity index (χ4v) is 1.66. The number of nitrogens with one attached hydrogen (secondary N) is 1. The summed E-state index contributed by atoms with van der Waals surface area (Å²) in [6.07, 6.45) is 0. The first-order valence-electron chi connectivity index (χ1n) is 5.16. The van der Waals surface area contributed by atoms with E-state index in [0.717, 1.165) is 10.2 Å². The summed E-state index contributed by atoms with van der Waals surface area (Å²) in [5.74, 6) is -0.797. The maximum absolute atomic E-state index is 10.9. The minimum absolute atomic E-state index is 0.0258. The topological polar surface area (TPSA) is 75.1 Å². The molecule has 0 amide bonds. The van der Waals surface area contributed by atoms with Crippen LogP contribution >= 0.6 is 15.9 Å². The van der Waals surface area contributed by atoms with Crippen LogP contribution in [0.3, 0.4) is 0 Å². The molecule has 2 rings (SSSR count). The Bertz CT molecular complexity index is 584. The molecule has 1 heterocycles. The summed E-state index contributed by atoms with van der Waals surface area (Å²) in [5.41, 5.74) is 1.37. The van der Waals surface area contributed by atoms with Crippen LogP contribution < -0.4 is 5.32 Å². The van der Waals surface area contributed by atoms with E-state index < -0.39 is 5.97 Å². The Labute approximate surface area is 112 Å². The number of benzene rings is 1. The highest BCUT2D eigenvalue weighted by Gasteiger charge is 2.08. The molecule has 1 aromatic carbocycles. The number of carbonyl (C=O) groups is 1. The summed E-state index contributed by atoms with van der Waals surface area (Å²) < 4.78 is 0.962. The lowest BCUT2D eigenvalue weighted by atomic mass is 10.3. The van der Waals surface area contributed by atoms with Crippen LogP contribution in [0.25, 0.3) is 0 Å². The molecular formula is C12H10BrN3O2. The van der Waals surface area contributed by atoms with Gasteiger partial charge in [0.15, 0.2) is 5.69 Å². The number of anilines is 2. The molecule has 92 valence electrons. The van der Waals surface area contributed by atoms with E-state index in [1.807, 2.05) is 24.3 Å². The van der Waals surface area contributed by atoms with E-state index in [4.69, 9.17) is 5.11 Å². The molecular weight excluding hydrogens is 298 g/mol. The van der Waals surface area contributed by atoms with E-state index >= 15 is 0 Å². The highest BCUT2D eigenvalue weighted by molar-refractivity contribution is 9.10. The van der Waals surface area contributed by atoms with E-state index in [9.17, 15) is 4.79 Å². The molecule has 18 heavy (non-hydrogen) atoms. The van der Waals surface area contributed by atoms with Gasteiger partial charge in [0.1, 0.15) is 0 Å². The van der Waals surface area contributed by atoms with Crippen LogP contribution in [0.1, 0.15) is 16.2 Å². The van der Waals surface area contributed by atoms with E-state index in [0.29, 0.717) is 5.69 Å². The third-order valence-corrected chi connectivity index (χ3v) is 2.70. The van der Waals surface area contributed by atoms with Gasteiger partial charge < -0.3 is 10.4 Å². The molecule has 6 heteroatoms. The lowest BCUT2D eigenvalue weighted by Crippen LogP contribution is -2.06. The summed E-state index contributed by atoms with van der Waals surface area (Å²) in [5, 5.41) is 11.9. The number of nitrogens with zero attached hydrogens (tertiary/aromatic N) is 2. The van der Waals surface area contributed by atoms with Crippen molar-refractivity contribution in [2.45, 2.75) is 6.92 Å². The van der Waals surface area contributed by atoms with Gasteiger partial charge in [0.05, 0.1) is 0 Å². The Hall–Kier alpha value is -1.95. The van der Waals surface area contributed by atoms with Crippen molar-refractivity contribution in [2.75, 3.05) is 5.32 Å². The normalized spacial score (nSPS) is 10.1. The second-order valence-electron chi connectivity index (χ2n) is 3.66. The van der Waals surface area contributed by atoms with Crippen molar-refractivity contribution in [2.24, 2.45) is 0 Å². The molecule has 1 aromatic heterocycles. The third kappa shape index (κ3) is 3.04. The quantitative estimate of drug-likeness (QED) is 0.911. The van der Waals surface area contributed by atoms with Crippen LogP contribution in [-0.4, -0.2) is 21.0 Å². The van der Waals surface area contributed by atoms with Crippen LogP contribution in [0.2, 0.25) is 0 Å². The van der Waals surface area contributed by atoms with Gasteiger partial charge in [-0.3, -0.25) is 0 Å². The monoisotopic (exact) mass is 307 g/mol. The van der Waals surface area contributed by atoms with E-state index in [1.54, 1.807) is 6.92 Å². The summed E-state index contributed by atoms with van der Waals surface area (Å²) in [4.78, 5) is 18.9. The predicted molar refractivity (Wildman–Crippen MR) is 71.2 cm³/mol. The number of rotatable bonds is 3. The van der Waals surface area contributed by atoms with Gasteiger partial charge in [0.25, 0.3) is 0 Å². The van der Waals surface area contributed by atoms with Crippen molar-refractivity contribution in [3.05, 3.63) is 46.2 Å². The molecule has 0 unspecified atom stereocenters. The molecule has 0 fully saturated rings. The summed E-state index contributed by atoms with van der Waals surface area (Å²) >= 11 is 3.34. The molecule has 0 atom stereocenters. The zero-order valence-electron chi connectivity index (χ0n) is 9.51. The van der Waals surface area contributed by atoms with Crippen LogP contribution in [0, 0.1) is 6.92 Å². The van der Waals surface area contributed by atoms with Crippen LogP contribution in [-0.2, 0) is 0 Å². The SMILES string of the molecule is Cc1cc(C(=O)O)nc(Nc2ccc(Br)cc2)n1. The zero-order chi connectivity index (χ0) is 13.1. The van der Waals surface area contributed by atoms with Gasteiger partial charge in [-0.05, 0) is 37.3 Å². The molecule has 0 saturated heterocycles. The van der Waals surface area contributed by atoms with Crippen molar-refractivity contribution >= 4 is 33.5 Å². The predicted octanol–water partition coefficient (Wildman–Crippen LogP) is 2.99. The van der Waals surface area contributed by atoms with Crippen molar-refractivity contribution in [1.82, 2.24) is 9.97 Å². The summed E-state index contributed by atoms with van der Waals surface area (Å²) in [6, 6.07) is 8.86. The van der Waals surface area contributed by atoms with Crippen LogP contribution in [0.5, 0.6) is 0 Å². The highest BCUT2D eigenvalue weighted by atomic mass is 79.9.